The van der Waals surface area contributed by atoms with Crippen LogP contribution >= 0.6 is 0 Å². The van der Waals surface area contributed by atoms with E-state index in [4.69, 9.17) is 4.42 Å². The van der Waals surface area contributed by atoms with Crippen LogP contribution in [-0.4, -0.2) is 0 Å². The summed E-state index contributed by atoms with van der Waals surface area (Å²) in [6.07, 6.45) is 0.883. The van der Waals surface area contributed by atoms with Crippen molar-refractivity contribution < 1.29 is 4.42 Å². The van der Waals surface area contributed by atoms with E-state index in [1.54, 1.807) is 0 Å². The summed E-state index contributed by atoms with van der Waals surface area (Å²) in [4.78, 5) is 0. The number of hydrogen-bond donors (Lipinski definition) is 0. The maximum Gasteiger partial charge on any atom is 0.135 e. The summed E-state index contributed by atoms with van der Waals surface area (Å²) < 4.78 is 6.14. The van der Waals surface area contributed by atoms with Crippen LogP contribution in [0.1, 0.15) is 11.1 Å². The molecule has 8 aromatic rings. The highest BCUT2D eigenvalue weighted by Gasteiger charge is 2.17. The lowest BCUT2D eigenvalue weighted by atomic mass is 9.85. The average molecular weight is 485 g/mol. The van der Waals surface area contributed by atoms with E-state index >= 15 is 0 Å². The van der Waals surface area contributed by atoms with Gasteiger partial charge < -0.3 is 4.42 Å². The van der Waals surface area contributed by atoms with E-state index in [1.165, 1.54) is 54.6 Å². The van der Waals surface area contributed by atoms with Crippen molar-refractivity contribution in [2.24, 2.45) is 0 Å². The molecule has 1 aromatic heterocycles. The maximum absolute atomic E-state index is 6.14. The number of hydrogen-bond acceptors (Lipinski definition) is 1. The molecule has 0 unspecified atom stereocenters. The third-order valence-corrected chi connectivity index (χ3v) is 7.96. The van der Waals surface area contributed by atoms with Crippen LogP contribution in [0.25, 0.3) is 65.4 Å². The van der Waals surface area contributed by atoms with E-state index < -0.39 is 0 Å². The highest BCUT2D eigenvalue weighted by molar-refractivity contribution is 6.17. The predicted octanol–water partition coefficient (Wildman–Crippen LogP) is 10.3. The van der Waals surface area contributed by atoms with Crippen LogP contribution in [0.15, 0.2) is 138 Å². The second-order valence-corrected chi connectivity index (χ2v) is 10.1. The molecule has 178 valence electrons. The zero-order valence-electron chi connectivity index (χ0n) is 20.8. The van der Waals surface area contributed by atoms with Crippen molar-refractivity contribution >= 4 is 54.3 Å². The molecule has 8 rings (SSSR count). The summed E-state index contributed by atoms with van der Waals surface area (Å²) in [5.74, 6) is 0. The molecule has 0 amide bonds. The minimum atomic E-state index is 0.883. The van der Waals surface area contributed by atoms with Gasteiger partial charge in [0.15, 0.2) is 0 Å². The van der Waals surface area contributed by atoms with Crippen LogP contribution < -0.4 is 0 Å². The molecule has 1 nitrogen and oxygen atoms in total. The Balaban J connectivity index is 1.43. The van der Waals surface area contributed by atoms with Crippen molar-refractivity contribution in [3.8, 4) is 11.1 Å². The van der Waals surface area contributed by atoms with Crippen molar-refractivity contribution in [1.82, 2.24) is 0 Å². The fraction of sp³-hybridized carbons (Fsp3) is 0.0270. The Morgan fingerprint density at radius 3 is 1.76 bits per heavy atom. The van der Waals surface area contributed by atoms with Gasteiger partial charge in [0.2, 0.25) is 0 Å². The maximum atomic E-state index is 6.14. The molecule has 0 fully saturated rings. The van der Waals surface area contributed by atoms with E-state index in [0.717, 1.165) is 28.4 Å². The number of rotatable bonds is 3. The number of fused-ring (bicyclic) bond motifs is 6. The molecule has 0 aliphatic rings. The summed E-state index contributed by atoms with van der Waals surface area (Å²) in [6, 6.07) is 48.1. The summed E-state index contributed by atoms with van der Waals surface area (Å²) in [6.45, 7) is 0. The summed E-state index contributed by atoms with van der Waals surface area (Å²) in [5, 5.41) is 10.1. The number of furan rings is 1. The molecule has 0 radical (unpaired) electrons. The molecule has 0 N–H and O–H groups in total. The van der Waals surface area contributed by atoms with Gasteiger partial charge in [-0.05, 0) is 79.2 Å². The highest BCUT2D eigenvalue weighted by atomic mass is 16.3. The summed E-state index contributed by atoms with van der Waals surface area (Å²) in [7, 11) is 0. The predicted molar refractivity (Wildman–Crippen MR) is 161 cm³/mol. The molecular formula is C37H24O. The van der Waals surface area contributed by atoms with Crippen molar-refractivity contribution in [3.63, 3.8) is 0 Å². The SMILES string of the molecule is c1ccc2c(Cc3c4ccccc4c(-c4ccc5oc6ccccc6c5c4)c4ccccc34)cccc2c1. The molecule has 0 spiro atoms. The van der Waals surface area contributed by atoms with Crippen molar-refractivity contribution in [2.75, 3.05) is 0 Å². The van der Waals surface area contributed by atoms with E-state index in [9.17, 15) is 0 Å². The fourth-order valence-electron chi connectivity index (χ4n) is 6.24. The van der Waals surface area contributed by atoms with E-state index in [1.807, 2.05) is 12.1 Å². The minimum absolute atomic E-state index is 0.883. The Morgan fingerprint density at radius 1 is 0.421 bits per heavy atom. The van der Waals surface area contributed by atoms with E-state index in [-0.39, 0.29) is 0 Å². The van der Waals surface area contributed by atoms with Gasteiger partial charge in [-0.3, -0.25) is 0 Å². The first kappa shape index (κ1) is 21.2. The van der Waals surface area contributed by atoms with Crippen molar-refractivity contribution in [1.29, 1.82) is 0 Å². The van der Waals surface area contributed by atoms with E-state index in [0.29, 0.717) is 0 Å². The average Bonchev–Trinajstić information content (AvgIpc) is 3.35. The fourth-order valence-corrected chi connectivity index (χ4v) is 6.24. The topological polar surface area (TPSA) is 13.1 Å². The Hall–Kier alpha value is -4.88. The molecule has 0 aliphatic carbocycles. The Kier molecular flexibility index (Phi) is 4.65. The normalized spacial score (nSPS) is 11.8. The standard InChI is InChI=1S/C37H24O/c1-2-13-27-24(10-1)11-9-12-25(27)22-33-28-14-3-5-17-31(28)37(32-18-6-4-15-29(32)33)26-20-21-36-34(23-26)30-16-7-8-19-35(30)38-36/h1-21,23H,22H2. The van der Waals surface area contributed by atoms with Crippen LogP contribution in [0.4, 0.5) is 0 Å². The zero-order chi connectivity index (χ0) is 25.1. The molecule has 0 atom stereocenters. The van der Waals surface area contributed by atoms with E-state index in [2.05, 4.69) is 121 Å². The smallest absolute Gasteiger partial charge is 0.135 e. The largest absolute Gasteiger partial charge is 0.456 e. The molecular weight excluding hydrogens is 460 g/mol. The second-order valence-electron chi connectivity index (χ2n) is 10.1. The molecule has 7 aromatic carbocycles. The zero-order valence-corrected chi connectivity index (χ0v) is 20.8. The molecule has 1 heterocycles. The van der Waals surface area contributed by atoms with Crippen LogP contribution in [0, 0.1) is 0 Å². The van der Waals surface area contributed by atoms with Gasteiger partial charge >= 0.3 is 0 Å². The Morgan fingerprint density at radius 2 is 1.00 bits per heavy atom. The van der Waals surface area contributed by atoms with Gasteiger partial charge in [-0.1, -0.05) is 115 Å². The molecule has 0 saturated carbocycles. The summed E-state index contributed by atoms with van der Waals surface area (Å²) in [5.41, 5.74) is 7.10. The molecule has 38 heavy (non-hydrogen) atoms. The van der Waals surface area contributed by atoms with Crippen molar-refractivity contribution in [3.05, 3.63) is 145 Å². The van der Waals surface area contributed by atoms with Gasteiger partial charge in [-0.2, -0.15) is 0 Å². The summed E-state index contributed by atoms with van der Waals surface area (Å²) >= 11 is 0. The minimum Gasteiger partial charge on any atom is -0.456 e. The first-order valence-corrected chi connectivity index (χ1v) is 13.2. The van der Waals surface area contributed by atoms with Gasteiger partial charge in [0.1, 0.15) is 11.2 Å². The number of para-hydroxylation sites is 1. The Bertz CT molecular complexity index is 2100. The second kappa shape index (κ2) is 8.33. The molecule has 0 aliphatic heterocycles. The lowest BCUT2D eigenvalue weighted by molar-refractivity contribution is 0.669. The van der Waals surface area contributed by atoms with Gasteiger partial charge in [0.25, 0.3) is 0 Å². The van der Waals surface area contributed by atoms with Gasteiger partial charge in [-0.15, -0.1) is 0 Å². The molecule has 1 heteroatoms. The van der Waals surface area contributed by atoms with Crippen molar-refractivity contribution in [2.45, 2.75) is 6.42 Å². The third kappa shape index (κ3) is 3.19. The number of benzene rings is 7. The van der Waals surface area contributed by atoms with Gasteiger partial charge in [-0.25, -0.2) is 0 Å². The van der Waals surface area contributed by atoms with Crippen LogP contribution in [0.3, 0.4) is 0 Å². The quantitative estimate of drug-likeness (QED) is 0.227. The lowest BCUT2D eigenvalue weighted by Crippen LogP contribution is -1.96. The van der Waals surface area contributed by atoms with Gasteiger partial charge in [0.05, 0.1) is 0 Å². The first-order chi connectivity index (χ1) is 18.8. The Labute approximate surface area is 220 Å². The molecule has 0 bridgehead atoms. The highest BCUT2D eigenvalue weighted by Crippen LogP contribution is 2.42. The van der Waals surface area contributed by atoms with Gasteiger partial charge in [0, 0.05) is 10.8 Å². The first-order valence-electron chi connectivity index (χ1n) is 13.2. The molecule has 0 saturated heterocycles. The van der Waals surface area contributed by atoms with Crippen LogP contribution in [-0.2, 0) is 6.42 Å². The third-order valence-electron chi connectivity index (χ3n) is 7.96. The van der Waals surface area contributed by atoms with Crippen LogP contribution in [0.2, 0.25) is 0 Å². The monoisotopic (exact) mass is 484 g/mol. The lowest BCUT2D eigenvalue weighted by Gasteiger charge is -2.18. The van der Waals surface area contributed by atoms with Crippen LogP contribution in [0.5, 0.6) is 0 Å².